The molecule has 2 rings (SSSR count). The van der Waals surface area contributed by atoms with E-state index in [0.29, 0.717) is 6.04 Å². The summed E-state index contributed by atoms with van der Waals surface area (Å²) in [4.78, 5) is 19.8. The molecule has 2 heterocycles. The first kappa shape index (κ1) is 20.6. The van der Waals surface area contributed by atoms with Gasteiger partial charge in [-0.05, 0) is 19.9 Å². The number of piperidine rings is 1. The maximum Gasteiger partial charge on any atom is 0.265 e. The predicted molar refractivity (Wildman–Crippen MR) is 93.3 cm³/mol. The normalized spacial score (nSPS) is 16.1. The van der Waals surface area contributed by atoms with Crippen LogP contribution < -0.4 is 5.32 Å². The van der Waals surface area contributed by atoms with Crippen molar-refractivity contribution in [2.75, 3.05) is 20.1 Å². The number of carbonyl (C=O) groups excluding carboxylic acids is 1. The second kappa shape index (κ2) is 8.32. The molecule has 0 bridgehead atoms. The average Bonchev–Trinajstić information content (AvgIpc) is 2.87. The number of nitrogens with zero attached hydrogens (tertiary/aromatic N) is 2. The van der Waals surface area contributed by atoms with Crippen LogP contribution in [0, 0.1) is 0 Å². The maximum absolute atomic E-state index is 12.6. The molecular weight excluding hydrogens is 329 g/mol. The Hall–Kier alpha value is -0.360. The van der Waals surface area contributed by atoms with Crippen LogP contribution in [0.1, 0.15) is 49.0 Å². The smallest absolute Gasteiger partial charge is 0.265 e. The lowest BCUT2D eigenvalue weighted by Gasteiger charge is -2.32. The summed E-state index contributed by atoms with van der Waals surface area (Å²) in [7, 11) is 1.99. The lowest BCUT2D eigenvalue weighted by Crippen LogP contribution is -2.44. The van der Waals surface area contributed by atoms with Gasteiger partial charge in [0.15, 0.2) is 0 Å². The third-order valence-electron chi connectivity index (χ3n) is 3.66. The fourth-order valence-electron chi connectivity index (χ4n) is 2.45. The molecular formula is C14H25Cl2N3OS. The summed E-state index contributed by atoms with van der Waals surface area (Å²) >= 11 is 1.47. The Bertz CT molecular complexity index is 451. The minimum absolute atomic E-state index is 0. The summed E-state index contributed by atoms with van der Waals surface area (Å²) in [6.45, 7) is 7.99. The van der Waals surface area contributed by atoms with Gasteiger partial charge in [-0.15, -0.1) is 36.2 Å². The summed E-state index contributed by atoms with van der Waals surface area (Å²) in [6.07, 6.45) is 2.07. The van der Waals surface area contributed by atoms with E-state index in [2.05, 4.69) is 31.1 Å². The van der Waals surface area contributed by atoms with Gasteiger partial charge in [-0.3, -0.25) is 4.79 Å². The van der Waals surface area contributed by atoms with Crippen molar-refractivity contribution in [1.82, 2.24) is 15.2 Å². The molecule has 4 nitrogen and oxygen atoms in total. The van der Waals surface area contributed by atoms with Gasteiger partial charge in [-0.1, -0.05) is 20.8 Å². The molecule has 1 aromatic rings. The second-order valence-corrected chi connectivity index (χ2v) is 6.99. The van der Waals surface area contributed by atoms with Crippen LogP contribution in [0.25, 0.3) is 0 Å². The number of rotatable bonds is 2. The highest BCUT2D eigenvalue weighted by Crippen LogP contribution is 2.28. The van der Waals surface area contributed by atoms with Crippen LogP contribution in [-0.4, -0.2) is 42.0 Å². The number of aromatic nitrogens is 1. The lowest BCUT2D eigenvalue weighted by molar-refractivity contribution is 0.0709. The van der Waals surface area contributed by atoms with E-state index in [9.17, 15) is 4.79 Å². The third kappa shape index (κ3) is 4.81. The number of nitrogens with one attached hydrogen (secondary N) is 1. The maximum atomic E-state index is 12.6. The summed E-state index contributed by atoms with van der Waals surface area (Å²) in [5, 5.41) is 3.29. The number of thiazole rings is 1. The highest BCUT2D eigenvalue weighted by molar-refractivity contribution is 7.11. The molecule has 0 aliphatic carbocycles. The molecule has 7 heteroatoms. The fraction of sp³-hybridized carbons (Fsp3) is 0.714. The first-order valence-corrected chi connectivity index (χ1v) is 7.72. The van der Waals surface area contributed by atoms with Crippen LogP contribution in [0.15, 0.2) is 5.51 Å². The van der Waals surface area contributed by atoms with Gasteiger partial charge in [-0.25, -0.2) is 4.98 Å². The van der Waals surface area contributed by atoms with Crippen LogP contribution in [0.3, 0.4) is 0 Å². The molecule has 0 aromatic carbocycles. The molecule has 1 amide bonds. The Balaban J connectivity index is 0.00000200. The average molecular weight is 354 g/mol. The molecule has 1 fully saturated rings. The third-order valence-corrected chi connectivity index (χ3v) is 4.48. The van der Waals surface area contributed by atoms with Gasteiger partial charge in [0.1, 0.15) is 4.88 Å². The van der Waals surface area contributed by atoms with Crippen LogP contribution in [0.2, 0.25) is 0 Å². The molecule has 1 aliphatic rings. The number of hydrogen-bond donors (Lipinski definition) is 1. The van der Waals surface area contributed by atoms with Gasteiger partial charge in [0.25, 0.3) is 5.91 Å². The van der Waals surface area contributed by atoms with Crippen molar-refractivity contribution in [2.45, 2.75) is 45.1 Å². The quantitative estimate of drug-likeness (QED) is 0.888. The van der Waals surface area contributed by atoms with Crippen molar-refractivity contribution in [3.05, 3.63) is 16.1 Å². The Morgan fingerprint density at radius 2 is 1.90 bits per heavy atom. The number of halogens is 2. The molecule has 122 valence electrons. The number of hydrogen-bond acceptors (Lipinski definition) is 4. The summed E-state index contributed by atoms with van der Waals surface area (Å²) in [6, 6.07) is 0.549. The Morgan fingerprint density at radius 1 is 1.33 bits per heavy atom. The van der Waals surface area contributed by atoms with Crippen LogP contribution in [0.5, 0.6) is 0 Å². The molecule has 1 aromatic heterocycles. The zero-order chi connectivity index (χ0) is 14.0. The van der Waals surface area contributed by atoms with E-state index < -0.39 is 0 Å². The molecule has 21 heavy (non-hydrogen) atoms. The first-order valence-electron chi connectivity index (χ1n) is 6.84. The number of amides is 1. The van der Waals surface area contributed by atoms with Gasteiger partial charge in [0.05, 0.1) is 11.2 Å². The van der Waals surface area contributed by atoms with Gasteiger partial charge >= 0.3 is 0 Å². The lowest BCUT2D eigenvalue weighted by atomic mass is 9.91. The van der Waals surface area contributed by atoms with Crippen molar-refractivity contribution in [2.24, 2.45) is 0 Å². The van der Waals surface area contributed by atoms with Crippen LogP contribution >= 0.6 is 36.2 Å². The highest BCUT2D eigenvalue weighted by atomic mass is 35.5. The highest BCUT2D eigenvalue weighted by Gasteiger charge is 2.29. The van der Waals surface area contributed by atoms with Crippen molar-refractivity contribution >= 4 is 42.1 Å². The zero-order valence-corrected chi connectivity index (χ0v) is 15.5. The standard InChI is InChI=1S/C14H23N3OS.2ClH/c1-14(2,3)12-11(19-9-16-12)13(18)17-7-5-10(15-4)6-8-17;;/h9-10,15H,5-8H2,1-4H3;2*1H. The van der Waals surface area contributed by atoms with E-state index in [0.717, 1.165) is 36.5 Å². The van der Waals surface area contributed by atoms with Gasteiger partial charge in [0, 0.05) is 24.5 Å². The van der Waals surface area contributed by atoms with E-state index in [1.165, 1.54) is 11.3 Å². The minimum Gasteiger partial charge on any atom is -0.338 e. The van der Waals surface area contributed by atoms with Crippen LogP contribution in [0.4, 0.5) is 0 Å². The molecule has 0 radical (unpaired) electrons. The summed E-state index contributed by atoms with van der Waals surface area (Å²) in [5.74, 6) is 0.155. The van der Waals surface area contributed by atoms with E-state index >= 15 is 0 Å². The van der Waals surface area contributed by atoms with Crippen molar-refractivity contribution in [3.8, 4) is 0 Å². The number of likely N-dealkylation sites (tertiary alicyclic amines) is 1. The molecule has 0 spiro atoms. The van der Waals surface area contributed by atoms with Gasteiger partial charge in [0.2, 0.25) is 0 Å². The van der Waals surface area contributed by atoms with E-state index in [4.69, 9.17) is 0 Å². The Kier molecular flexibility index (Phi) is 8.18. The molecule has 0 atom stereocenters. The molecule has 1 saturated heterocycles. The first-order chi connectivity index (χ1) is 8.93. The topological polar surface area (TPSA) is 45.2 Å². The second-order valence-electron chi connectivity index (χ2n) is 6.14. The molecule has 1 aliphatic heterocycles. The fourth-order valence-corrected chi connectivity index (χ4v) is 3.41. The van der Waals surface area contributed by atoms with Gasteiger partial charge < -0.3 is 10.2 Å². The summed E-state index contributed by atoms with van der Waals surface area (Å²) < 4.78 is 0. The van der Waals surface area contributed by atoms with E-state index in [1.807, 2.05) is 11.9 Å². The predicted octanol–water partition coefficient (Wildman–Crippen LogP) is 3.11. The van der Waals surface area contributed by atoms with E-state index in [-0.39, 0.29) is 36.1 Å². The monoisotopic (exact) mass is 353 g/mol. The molecule has 1 N–H and O–H groups in total. The summed E-state index contributed by atoms with van der Waals surface area (Å²) in [5.41, 5.74) is 2.64. The van der Waals surface area contributed by atoms with Crippen LogP contribution in [-0.2, 0) is 5.41 Å². The Labute approximate surface area is 143 Å². The minimum atomic E-state index is -0.0751. The zero-order valence-electron chi connectivity index (χ0n) is 13.0. The van der Waals surface area contributed by atoms with Crippen molar-refractivity contribution in [1.29, 1.82) is 0 Å². The molecule has 0 saturated carbocycles. The SMILES string of the molecule is CNC1CCN(C(=O)c2scnc2C(C)(C)C)CC1.Cl.Cl. The van der Waals surface area contributed by atoms with Crippen molar-refractivity contribution < 1.29 is 4.79 Å². The largest absolute Gasteiger partial charge is 0.338 e. The number of carbonyl (C=O) groups is 1. The van der Waals surface area contributed by atoms with Gasteiger partial charge in [-0.2, -0.15) is 0 Å². The Morgan fingerprint density at radius 3 is 2.38 bits per heavy atom. The van der Waals surface area contributed by atoms with Crippen molar-refractivity contribution in [3.63, 3.8) is 0 Å². The molecule has 0 unspecified atom stereocenters. The van der Waals surface area contributed by atoms with E-state index in [1.54, 1.807) is 5.51 Å².